The molecule has 0 aliphatic carbocycles. The highest BCUT2D eigenvalue weighted by molar-refractivity contribution is 7.11. The number of hydrogen-bond acceptors (Lipinski definition) is 6. The summed E-state index contributed by atoms with van der Waals surface area (Å²) in [6.07, 6.45) is 1.93. The van der Waals surface area contributed by atoms with E-state index in [1.807, 2.05) is 29.6 Å². The van der Waals surface area contributed by atoms with Gasteiger partial charge in [-0.15, -0.1) is 0 Å². The van der Waals surface area contributed by atoms with Crippen molar-refractivity contribution in [2.24, 2.45) is 5.92 Å². The van der Waals surface area contributed by atoms with Crippen molar-refractivity contribution in [1.29, 1.82) is 0 Å². The van der Waals surface area contributed by atoms with Crippen molar-refractivity contribution in [3.8, 4) is 10.9 Å². The van der Waals surface area contributed by atoms with Crippen LogP contribution in [-0.4, -0.2) is 54.5 Å². The molecule has 2 amide bonds. The van der Waals surface area contributed by atoms with Crippen LogP contribution in [-0.2, 0) is 9.59 Å². The van der Waals surface area contributed by atoms with Crippen molar-refractivity contribution in [2.45, 2.75) is 12.5 Å². The Morgan fingerprint density at radius 1 is 1.23 bits per heavy atom. The Kier molecular flexibility index (Phi) is 4.50. The van der Waals surface area contributed by atoms with Crippen molar-refractivity contribution < 1.29 is 19.1 Å². The summed E-state index contributed by atoms with van der Waals surface area (Å²) in [5.41, 5.74) is 0.791. The summed E-state index contributed by atoms with van der Waals surface area (Å²) >= 11 is 1.44. The molecule has 0 radical (unpaired) electrons. The third kappa shape index (κ3) is 3.24. The van der Waals surface area contributed by atoms with Crippen molar-refractivity contribution in [3.05, 3.63) is 35.8 Å². The molecular weight excluding hydrogens is 354 g/mol. The maximum Gasteiger partial charge on any atom is 0.273 e. The first kappa shape index (κ1) is 16.8. The Labute approximate surface area is 155 Å². The monoisotopic (exact) mass is 373 g/mol. The van der Waals surface area contributed by atoms with Gasteiger partial charge in [-0.2, -0.15) is 0 Å². The minimum Gasteiger partial charge on any atom is -0.497 e. The van der Waals surface area contributed by atoms with Crippen LogP contribution in [0.1, 0.15) is 6.42 Å². The maximum absolute atomic E-state index is 12.7. The molecule has 136 valence electrons. The molecule has 1 aromatic heterocycles. The molecule has 2 aliphatic rings. The number of hydrogen-bond donors (Lipinski definition) is 0. The Bertz CT molecular complexity index is 787. The molecule has 0 N–H and O–H groups in total. The van der Waals surface area contributed by atoms with Gasteiger partial charge in [0, 0.05) is 30.2 Å². The Hall–Kier alpha value is -2.61. The predicted octanol–water partition coefficient (Wildman–Crippen LogP) is 1.79. The van der Waals surface area contributed by atoms with Gasteiger partial charge in [0.15, 0.2) is 0 Å². The molecule has 2 saturated heterocycles. The number of anilines is 1. The predicted molar refractivity (Wildman–Crippen MR) is 96.6 cm³/mol. The highest BCUT2D eigenvalue weighted by Gasteiger charge is 2.41. The van der Waals surface area contributed by atoms with Gasteiger partial charge in [0.25, 0.3) is 5.19 Å². The molecule has 26 heavy (non-hydrogen) atoms. The molecule has 0 spiro atoms. The third-order valence-electron chi connectivity index (χ3n) is 4.70. The standard InChI is InChI=1S/C18H19N3O4S/c1-24-14-4-2-13(3-5-14)21-9-12(8-16(21)22)17(23)20-10-15(11-20)25-18-19-6-7-26-18/h2-7,12,15H,8-11H2,1H3. The number of carbonyl (C=O) groups is 2. The van der Waals surface area contributed by atoms with E-state index in [1.54, 1.807) is 23.1 Å². The second kappa shape index (κ2) is 6.95. The summed E-state index contributed by atoms with van der Waals surface area (Å²) in [5.74, 6) is 0.434. The molecule has 0 bridgehead atoms. The number of likely N-dealkylation sites (tertiary alicyclic amines) is 1. The molecule has 7 nitrogen and oxygen atoms in total. The number of aromatic nitrogens is 1. The van der Waals surface area contributed by atoms with E-state index in [9.17, 15) is 9.59 Å². The van der Waals surface area contributed by atoms with E-state index in [-0.39, 0.29) is 30.3 Å². The van der Waals surface area contributed by atoms with E-state index in [1.165, 1.54) is 11.3 Å². The summed E-state index contributed by atoms with van der Waals surface area (Å²) < 4.78 is 10.8. The summed E-state index contributed by atoms with van der Waals surface area (Å²) in [7, 11) is 1.60. The molecule has 4 rings (SSSR count). The van der Waals surface area contributed by atoms with Gasteiger partial charge in [0.1, 0.15) is 11.9 Å². The normalized spacial score (nSPS) is 20.2. The van der Waals surface area contributed by atoms with Crippen LogP contribution in [0, 0.1) is 5.92 Å². The van der Waals surface area contributed by atoms with Crippen LogP contribution in [0.2, 0.25) is 0 Å². The summed E-state index contributed by atoms with van der Waals surface area (Å²) in [5, 5.41) is 2.48. The fourth-order valence-electron chi connectivity index (χ4n) is 3.25. The molecule has 1 atom stereocenters. The first-order chi connectivity index (χ1) is 12.6. The fraction of sp³-hybridized carbons (Fsp3) is 0.389. The first-order valence-corrected chi connectivity index (χ1v) is 9.31. The van der Waals surface area contributed by atoms with Crippen molar-refractivity contribution in [3.63, 3.8) is 0 Å². The zero-order valence-electron chi connectivity index (χ0n) is 14.3. The van der Waals surface area contributed by atoms with Crippen LogP contribution in [0.5, 0.6) is 10.9 Å². The van der Waals surface area contributed by atoms with Crippen molar-refractivity contribution in [1.82, 2.24) is 9.88 Å². The topological polar surface area (TPSA) is 72.0 Å². The van der Waals surface area contributed by atoms with E-state index in [0.29, 0.717) is 24.8 Å². The smallest absolute Gasteiger partial charge is 0.273 e. The van der Waals surface area contributed by atoms with E-state index in [4.69, 9.17) is 9.47 Å². The highest BCUT2D eigenvalue weighted by Crippen LogP contribution is 2.29. The molecule has 1 aromatic carbocycles. The zero-order chi connectivity index (χ0) is 18.1. The summed E-state index contributed by atoms with van der Waals surface area (Å²) in [6, 6.07) is 7.30. The molecule has 2 aliphatic heterocycles. The lowest BCUT2D eigenvalue weighted by atomic mass is 10.0. The molecule has 3 heterocycles. The second-order valence-corrected chi connectivity index (χ2v) is 7.24. The van der Waals surface area contributed by atoms with Gasteiger partial charge < -0.3 is 19.3 Å². The van der Waals surface area contributed by atoms with Gasteiger partial charge in [0.05, 0.1) is 26.1 Å². The van der Waals surface area contributed by atoms with Crippen molar-refractivity contribution in [2.75, 3.05) is 31.6 Å². The SMILES string of the molecule is COc1ccc(N2CC(C(=O)N3CC(Oc4nccs4)C3)CC2=O)cc1. The van der Waals surface area contributed by atoms with E-state index in [2.05, 4.69) is 4.98 Å². The molecule has 2 fully saturated rings. The van der Waals surface area contributed by atoms with Gasteiger partial charge in [-0.1, -0.05) is 11.3 Å². The lowest BCUT2D eigenvalue weighted by Crippen LogP contribution is -2.57. The third-order valence-corrected chi connectivity index (χ3v) is 5.36. The van der Waals surface area contributed by atoms with E-state index in [0.717, 1.165) is 11.4 Å². The van der Waals surface area contributed by atoms with E-state index >= 15 is 0 Å². The summed E-state index contributed by atoms with van der Waals surface area (Å²) in [6.45, 7) is 1.51. The van der Waals surface area contributed by atoms with Gasteiger partial charge in [-0.3, -0.25) is 9.59 Å². The van der Waals surface area contributed by atoms with Crippen LogP contribution >= 0.6 is 11.3 Å². The quantitative estimate of drug-likeness (QED) is 0.799. The number of thiazole rings is 1. The van der Waals surface area contributed by atoms with Gasteiger partial charge >= 0.3 is 0 Å². The van der Waals surface area contributed by atoms with Crippen LogP contribution in [0.25, 0.3) is 0 Å². The Morgan fingerprint density at radius 2 is 2.00 bits per heavy atom. The zero-order valence-corrected chi connectivity index (χ0v) is 15.1. The lowest BCUT2D eigenvalue weighted by Gasteiger charge is -2.39. The fourth-order valence-corrected chi connectivity index (χ4v) is 3.80. The number of methoxy groups -OCH3 is 1. The van der Waals surface area contributed by atoms with Gasteiger partial charge in [0.2, 0.25) is 11.8 Å². The number of carbonyl (C=O) groups excluding carboxylic acids is 2. The average molecular weight is 373 g/mol. The number of benzene rings is 1. The maximum atomic E-state index is 12.7. The van der Waals surface area contributed by atoms with Gasteiger partial charge in [-0.25, -0.2) is 4.98 Å². The number of nitrogens with zero attached hydrogens (tertiary/aromatic N) is 3. The molecule has 8 heteroatoms. The first-order valence-electron chi connectivity index (χ1n) is 8.43. The molecule has 1 unspecified atom stereocenters. The van der Waals surface area contributed by atoms with Crippen LogP contribution in [0.4, 0.5) is 5.69 Å². The highest BCUT2D eigenvalue weighted by atomic mass is 32.1. The molecular formula is C18H19N3O4S. The average Bonchev–Trinajstić information content (AvgIpc) is 3.27. The number of ether oxygens (including phenoxy) is 2. The van der Waals surface area contributed by atoms with Crippen LogP contribution in [0.15, 0.2) is 35.8 Å². The van der Waals surface area contributed by atoms with E-state index < -0.39 is 0 Å². The number of amides is 2. The second-order valence-electron chi connectivity index (χ2n) is 6.38. The molecule has 0 saturated carbocycles. The summed E-state index contributed by atoms with van der Waals surface area (Å²) in [4.78, 5) is 32.5. The molecule has 2 aromatic rings. The van der Waals surface area contributed by atoms with Crippen LogP contribution in [0.3, 0.4) is 0 Å². The largest absolute Gasteiger partial charge is 0.497 e. The number of rotatable bonds is 5. The Morgan fingerprint density at radius 3 is 2.65 bits per heavy atom. The van der Waals surface area contributed by atoms with Crippen LogP contribution < -0.4 is 14.4 Å². The van der Waals surface area contributed by atoms with Crippen molar-refractivity contribution >= 4 is 28.8 Å². The lowest BCUT2D eigenvalue weighted by molar-refractivity contribution is -0.144. The van der Waals surface area contributed by atoms with Gasteiger partial charge in [-0.05, 0) is 24.3 Å². The minimum atomic E-state index is -0.301. The Balaban J connectivity index is 1.32. The minimum absolute atomic E-state index is 0.0140.